The van der Waals surface area contributed by atoms with Gasteiger partial charge < -0.3 is 0 Å². The summed E-state index contributed by atoms with van der Waals surface area (Å²) in [5, 5.41) is 8.99. The Kier molecular flexibility index (Phi) is 3.88. The summed E-state index contributed by atoms with van der Waals surface area (Å²) in [4.78, 5) is 0. The Balaban J connectivity index is 3.29. The molecule has 1 rings (SSSR count). The third-order valence-electron chi connectivity index (χ3n) is 2.11. The third kappa shape index (κ3) is 2.57. The molecule has 0 heterocycles. The zero-order chi connectivity index (χ0) is 11.4. The Morgan fingerprint density at radius 3 is 2.67 bits per heavy atom. The van der Waals surface area contributed by atoms with Gasteiger partial charge in [-0.05, 0) is 25.0 Å². The molecule has 1 aromatic carbocycles. The first-order chi connectivity index (χ1) is 7.10. The van der Waals surface area contributed by atoms with Crippen LogP contribution in [0.15, 0.2) is 23.8 Å². The zero-order valence-electron chi connectivity index (χ0n) is 8.64. The molecule has 0 aliphatic heterocycles. The summed E-state index contributed by atoms with van der Waals surface area (Å²) in [5.41, 5.74) is 1.52. The van der Waals surface area contributed by atoms with Crippen molar-refractivity contribution in [2.45, 2.75) is 20.3 Å². The molecule has 0 bridgehead atoms. The number of allylic oxidation sites excluding steroid dienone is 1. The molecule has 0 radical (unpaired) electrons. The molecule has 1 nitrogen and oxygen atoms in total. The minimum atomic E-state index is -0.388. The molecule has 0 aliphatic rings. The summed E-state index contributed by atoms with van der Waals surface area (Å²) in [5.74, 6) is -0.388. The number of halogens is 2. The zero-order valence-corrected chi connectivity index (χ0v) is 9.40. The molecule has 1 aromatic rings. The van der Waals surface area contributed by atoms with Gasteiger partial charge in [-0.3, -0.25) is 0 Å². The maximum atomic E-state index is 13.5. The fourth-order valence-corrected chi connectivity index (χ4v) is 1.57. The number of nitrogens with zero attached hydrogens (tertiary/aromatic N) is 1. The van der Waals surface area contributed by atoms with Crippen LogP contribution in [0, 0.1) is 24.1 Å². The summed E-state index contributed by atoms with van der Waals surface area (Å²) >= 11 is 5.95. The van der Waals surface area contributed by atoms with E-state index in [4.69, 9.17) is 16.9 Å². The molecule has 3 heteroatoms. The molecule has 0 amide bonds. The Morgan fingerprint density at radius 2 is 2.20 bits per heavy atom. The molecular formula is C12H11ClFN. The van der Waals surface area contributed by atoms with E-state index in [1.54, 1.807) is 19.1 Å². The van der Waals surface area contributed by atoms with Crippen molar-refractivity contribution in [1.29, 1.82) is 5.26 Å². The van der Waals surface area contributed by atoms with E-state index in [-0.39, 0.29) is 10.8 Å². The minimum Gasteiger partial charge on any atom is -0.206 e. The van der Waals surface area contributed by atoms with Gasteiger partial charge in [0, 0.05) is 11.1 Å². The van der Waals surface area contributed by atoms with Crippen molar-refractivity contribution in [2.75, 3.05) is 0 Å². The second kappa shape index (κ2) is 4.95. The second-order valence-corrected chi connectivity index (χ2v) is 3.62. The lowest BCUT2D eigenvalue weighted by Crippen LogP contribution is -1.89. The molecule has 0 atom stereocenters. The van der Waals surface area contributed by atoms with Crippen molar-refractivity contribution in [1.82, 2.24) is 0 Å². The second-order valence-electron chi connectivity index (χ2n) is 3.24. The van der Waals surface area contributed by atoms with Crippen LogP contribution in [0.1, 0.15) is 24.5 Å². The topological polar surface area (TPSA) is 23.8 Å². The van der Waals surface area contributed by atoms with Crippen molar-refractivity contribution >= 4 is 16.6 Å². The highest BCUT2D eigenvalue weighted by Crippen LogP contribution is 2.27. The molecule has 0 spiro atoms. The van der Waals surface area contributed by atoms with Crippen LogP contribution >= 0.6 is 11.6 Å². The van der Waals surface area contributed by atoms with Gasteiger partial charge in [0.1, 0.15) is 5.82 Å². The van der Waals surface area contributed by atoms with Gasteiger partial charge in [0.2, 0.25) is 0 Å². The predicted molar refractivity (Wildman–Crippen MR) is 59.8 cm³/mol. The standard InChI is InChI=1S/C12H11ClFN/c1-3-9(7-15)12(13)10-5-4-8(2)6-11(10)14/h4-6H,3H2,1-2H3. The number of nitriles is 1. The molecule has 0 saturated carbocycles. The van der Waals surface area contributed by atoms with Gasteiger partial charge in [0.15, 0.2) is 0 Å². The van der Waals surface area contributed by atoms with Crippen LogP contribution in [-0.2, 0) is 0 Å². The van der Waals surface area contributed by atoms with Gasteiger partial charge in [0.05, 0.1) is 11.1 Å². The third-order valence-corrected chi connectivity index (χ3v) is 2.55. The first-order valence-electron chi connectivity index (χ1n) is 4.65. The first kappa shape index (κ1) is 11.7. The molecule has 0 fully saturated rings. The number of hydrogen-bond donors (Lipinski definition) is 0. The highest BCUT2D eigenvalue weighted by atomic mass is 35.5. The number of benzene rings is 1. The largest absolute Gasteiger partial charge is 0.206 e. The SMILES string of the molecule is CCC(C#N)=C(Cl)c1ccc(C)cc1F. The molecule has 0 N–H and O–H groups in total. The van der Waals surface area contributed by atoms with Crippen LogP contribution in [0.3, 0.4) is 0 Å². The average molecular weight is 224 g/mol. The van der Waals surface area contributed by atoms with Gasteiger partial charge in [0.25, 0.3) is 0 Å². The lowest BCUT2D eigenvalue weighted by molar-refractivity contribution is 0.623. The lowest BCUT2D eigenvalue weighted by atomic mass is 10.1. The van der Waals surface area contributed by atoms with Crippen molar-refractivity contribution in [3.05, 3.63) is 40.7 Å². The summed E-state index contributed by atoms with van der Waals surface area (Å²) < 4.78 is 13.5. The van der Waals surface area contributed by atoms with E-state index in [0.29, 0.717) is 17.6 Å². The molecule has 0 saturated heterocycles. The lowest BCUT2D eigenvalue weighted by Gasteiger charge is -2.04. The van der Waals surface area contributed by atoms with Gasteiger partial charge in [-0.25, -0.2) is 4.39 Å². The molecule has 0 aromatic heterocycles. The normalized spacial score (nSPS) is 11.9. The van der Waals surface area contributed by atoms with E-state index >= 15 is 0 Å². The van der Waals surface area contributed by atoms with Crippen LogP contribution in [0.25, 0.3) is 5.03 Å². The van der Waals surface area contributed by atoms with E-state index in [2.05, 4.69) is 0 Å². The van der Waals surface area contributed by atoms with Gasteiger partial charge in [-0.2, -0.15) is 5.26 Å². The maximum absolute atomic E-state index is 13.5. The van der Waals surface area contributed by atoms with E-state index in [1.165, 1.54) is 6.07 Å². The first-order valence-corrected chi connectivity index (χ1v) is 5.03. The highest BCUT2D eigenvalue weighted by molar-refractivity contribution is 6.49. The van der Waals surface area contributed by atoms with Crippen LogP contribution in [0.5, 0.6) is 0 Å². The number of rotatable bonds is 2. The van der Waals surface area contributed by atoms with Crippen molar-refractivity contribution < 1.29 is 4.39 Å². The van der Waals surface area contributed by atoms with Gasteiger partial charge in [-0.15, -0.1) is 0 Å². The molecule has 0 unspecified atom stereocenters. The predicted octanol–water partition coefficient (Wildman–Crippen LogP) is 4.02. The quantitative estimate of drug-likeness (QED) is 0.695. The summed E-state index contributed by atoms with van der Waals surface area (Å²) in [7, 11) is 0. The number of aryl methyl sites for hydroxylation is 1. The minimum absolute atomic E-state index is 0.206. The fraction of sp³-hybridized carbons (Fsp3) is 0.250. The van der Waals surface area contributed by atoms with Crippen molar-refractivity contribution in [3.8, 4) is 6.07 Å². The van der Waals surface area contributed by atoms with Crippen LogP contribution in [0.4, 0.5) is 4.39 Å². The Labute approximate surface area is 93.8 Å². The molecular weight excluding hydrogens is 213 g/mol. The van der Waals surface area contributed by atoms with Crippen molar-refractivity contribution in [2.24, 2.45) is 0 Å². The van der Waals surface area contributed by atoms with Crippen LogP contribution in [-0.4, -0.2) is 0 Å². The van der Waals surface area contributed by atoms with Gasteiger partial charge >= 0.3 is 0 Å². The summed E-state index contributed by atoms with van der Waals surface area (Å²) in [6.07, 6.45) is 0.503. The molecule has 78 valence electrons. The van der Waals surface area contributed by atoms with E-state index in [0.717, 1.165) is 5.56 Å². The summed E-state index contributed by atoms with van der Waals surface area (Å²) in [6, 6.07) is 6.74. The maximum Gasteiger partial charge on any atom is 0.132 e. The monoisotopic (exact) mass is 223 g/mol. The fourth-order valence-electron chi connectivity index (χ4n) is 1.24. The van der Waals surface area contributed by atoms with Crippen molar-refractivity contribution in [3.63, 3.8) is 0 Å². The highest BCUT2D eigenvalue weighted by Gasteiger charge is 2.10. The Hall–Kier alpha value is -1.33. The molecule has 15 heavy (non-hydrogen) atoms. The molecule has 0 aliphatic carbocycles. The Bertz CT molecular complexity index is 443. The van der Waals surface area contributed by atoms with Gasteiger partial charge in [-0.1, -0.05) is 30.7 Å². The average Bonchev–Trinajstić information content (AvgIpc) is 2.19. The van der Waals surface area contributed by atoms with E-state index < -0.39 is 0 Å². The smallest absolute Gasteiger partial charge is 0.132 e. The van der Waals surface area contributed by atoms with E-state index in [1.807, 2.05) is 13.0 Å². The van der Waals surface area contributed by atoms with E-state index in [9.17, 15) is 4.39 Å². The summed E-state index contributed by atoms with van der Waals surface area (Å²) in [6.45, 7) is 3.61. The van der Waals surface area contributed by atoms with Crippen LogP contribution in [0.2, 0.25) is 0 Å². The number of hydrogen-bond acceptors (Lipinski definition) is 1. The Morgan fingerprint density at radius 1 is 1.53 bits per heavy atom. The van der Waals surface area contributed by atoms with Crippen LogP contribution < -0.4 is 0 Å².